The number of rotatable bonds is 7. The quantitative estimate of drug-likeness (QED) is 0.352. The van der Waals surface area contributed by atoms with Crippen LogP contribution in [0.15, 0.2) is 58.3 Å². The molecule has 8 heteroatoms. The molecule has 4 rings (SSSR count). The van der Waals surface area contributed by atoms with Crippen LogP contribution >= 0.6 is 23.1 Å². The van der Waals surface area contributed by atoms with Gasteiger partial charge in [-0.3, -0.25) is 14.2 Å². The van der Waals surface area contributed by atoms with Crippen LogP contribution in [0, 0.1) is 0 Å². The summed E-state index contributed by atoms with van der Waals surface area (Å²) in [4.78, 5) is 32.7. The lowest BCUT2D eigenvalue weighted by atomic mass is 10.2. The van der Waals surface area contributed by atoms with Gasteiger partial charge in [0.15, 0.2) is 5.16 Å². The number of hydrogen-bond donors (Lipinski definition) is 1. The van der Waals surface area contributed by atoms with E-state index in [9.17, 15) is 9.59 Å². The molecule has 1 N–H and O–H groups in total. The monoisotopic (exact) mass is 426 g/mol. The molecule has 1 aromatic carbocycles. The van der Waals surface area contributed by atoms with Crippen molar-refractivity contribution in [3.63, 3.8) is 0 Å². The van der Waals surface area contributed by atoms with E-state index in [1.807, 2.05) is 29.6 Å². The van der Waals surface area contributed by atoms with Gasteiger partial charge in [-0.1, -0.05) is 17.8 Å². The molecule has 3 aromatic rings. The Labute approximate surface area is 177 Å². The molecule has 1 aliphatic heterocycles. The summed E-state index contributed by atoms with van der Waals surface area (Å²) in [7, 11) is 0. The maximum Gasteiger partial charge on any atom is 0.263 e. The SMILES string of the molecule is C=CCn1c(SCC(=O)Nc2ccc(N3CCCC3)cc2)nc2sccc2c1=O. The number of hydrogen-bond acceptors (Lipinski definition) is 6. The van der Waals surface area contributed by atoms with E-state index in [0.717, 1.165) is 18.8 Å². The van der Waals surface area contributed by atoms with Crippen LogP contribution in [0.1, 0.15) is 12.8 Å². The first-order valence-electron chi connectivity index (χ1n) is 9.52. The summed E-state index contributed by atoms with van der Waals surface area (Å²) in [6.45, 7) is 6.26. The highest BCUT2D eigenvalue weighted by Crippen LogP contribution is 2.23. The van der Waals surface area contributed by atoms with Gasteiger partial charge < -0.3 is 10.2 Å². The minimum atomic E-state index is -0.130. The maximum absolute atomic E-state index is 12.6. The summed E-state index contributed by atoms with van der Waals surface area (Å²) in [5.41, 5.74) is 1.86. The van der Waals surface area contributed by atoms with Crippen molar-refractivity contribution in [3.8, 4) is 0 Å². The summed E-state index contributed by atoms with van der Waals surface area (Å²) in [6, 6.07) is 9.73. The van der Waals surface area contributed by atoms with Crippen molar-refractivity contribution in [2.45, 2.75) is 24.5 Å². The van der Waals surface area contributed by atoms with Gasteiger partial charge in [0.1, 0.15) is 4.83 Å². The number of aromatic nitrogens is 2. The van der Waals surface area contributed by atoms with Crippen LogP contribution < -0.4 is 15.8 Å². The van der Waals surface area contributed by atoms with Crippen LogP contribution in [0.3, 0.4) is 0 Å². The van der Waals surface area contributed by atoms with Crippen molar-refractivity contribution >= 4 is 50.6 Å². The second kappa shape index (κ2) is 8.84. The van der Waals surface area contributed by atoms with Crippen molar-refractivity contribution in [2.24, 2.45) is 0 Å². The Bertz CT molecular complexity index is 1080. The first kappa shape index (κ1) is 19.7. The normalized spacial score (nSPS) is 13.7. The number of nitrogens with one attached hydrogen (secondary N) is 1. The van der Waals surface area contributed by atoms with Crippen LogP contribution in [0.4, 0.5) is 11.4 Å². The van der Waals surface area contributed by atoms with E-state index < -0.39 is 0 Å². The molecular formula is C21H22N4O2S2. The number of anilines is 2. The predicted molar refractivity (Wildman–Crippen MR) is 121 cm³/mol. The fourth-order valence-electron chi connectivity index (χ4n) is 3.39. The molecule has 3 heterocycles. The number of thioether (sulfide) groups is 1. The molecule has 29 heavy (non-hydrogen) atoms. The fourth-order valence-corrected chi connectivity index (χ4v) is 5.00. The third-order valence-electron chi connectivity index (χ3n) is 4.81. The number of carbonyl (C=O) groups excluding carboxylic acids is 1. The highest BCUT2D eigenvalue weighted by atomic mass is 32.2. The maximum atomic E-state index is 12.6. The predicted octanol–water partition coefficient (Wildman–Crippen LogP) is 3.98. The molecule has 0 spiro atoms. The van der Waals surface area contributed by atoms with Gasteiger partial charge in [0, 0.05) is 31.0 Å². The Balaban J connectivity index is 1.42. The molecular weight excluding hydrogens is 404 g/mol. The molecule has 1 aliphatic rings. The lowest BCUT2D eigenvalue weighted by Gasteiger charge is -2.17. The van der Waals surface area contributed by atoms with Gasteiger partial charge in [0.05, 0.1) is 11.1 Å². The minimum Gasteiger partial charge on any atom is -0.372 e. The standard InChI is InChI=1S/C21H22N4O2S2/c1-2-10-25-20(27)17-9-13-28-19(17)23-21(25)29-14-18(26)22-15-5-7-16(8-6-15)24-11-3-4-12-24/h2,5-9,13H,1,3-4,10-12,14H2,(H,22,26). The van der Waals surface area contributed by atoms with Gasteiger partial charge in [-0.25, -0.2) is 4.98 Å². The number of carbonyl (C=O) groups is 1. The Morgan fingerprint density at radius 2 is 2.00 bits per heavy atom. The largest absolute Gasteiger partial charge is 0.372 e. The highest BCUT2D eigenvalue weighted by Gasteiger charge is 2.14. The van der Waals surface area contributed by atoms with Crippen molar-refractivity contribution in [3.05, 3.63) is 58.7 Å². The zero-order chi connectivity index (χ0) is 20.2. The van der Waals surface area contributed by atoms with Crippen LogP contribution in [0.2, 0.25) is 0 Å². The Morgan fingerprint density at radius 1 is 1.24 bits per heavy atom. The van der Waals surface area contributed by atoms with Crippen LogP contribution in [-0.2, 0) is 11.3 Å². The molecule has 0 aliphatic carbocycles. The first-order chi connectivity index (χ1) is 14.2. The van der Waals surface area contributed by atoms with Crippen LogP contribution in [-0.4, -0.2) is 34.3 Å². The van der Waals surface area contributed by atoms with Crippen molar-refractivity contribution in [1.82, 2.24) is 9.55 Å². The zero-order valence-corrected chi connectivity index (χ0v) is 17.6. The zero-order valence-electron chi connectivity index (χ0n) is 16.0. The third-order valence-corrected chi connectivity index (χ3v) is 6.60. The number of thiophene rings is 1. The Morgan fingerprint density at radius 3 is 2.72 bits per heavy atom. The lowest BCUT2D eigenvalue weighted by Crippen LogP contribution is -2.23. The van der Waals surface area contributed by atoms with Crippen LogP contribution in [0.5, 0.6) is 0 Å². The van der Waals surface area contributed by atoms with Crippen molar-refractivity contribution in [2.75, 3.05) is 29.1 Å². The van der Waals surface area contributed by atoms with E-state index in [-0.39, 0.29) is 17.2 Å². The number of amides is 1. The number of benzene rings is 1. The average Bonchev–Trinajstić information content (AvgIpc) is 3.41. The van der Waals surface area contributed by atoms with E-state index in [2.05, 4.69) is 21.8 Å². The molecule has 0 atom stereocenters. The van der Waals surface area contributed by atoms with Gasteiger partial charge in [0.25, 0.3) is 5.56 Å². The molecule has 0 saturated carbocycles. The number of nitrogens with zero attached hydrogens (tertiary/aromatic N) is 3. The van der Waals surface area contributed by atoms with E-state index in [4.69, 9.17) is 0 Å². The van der Waals surface area contributed by atoms with Gasteiger partial charge in [-0.2, -0.15) is 0 Å². The summed E-state index contributed by atoms with van der Waals surface area (Å²) in [6.07, 6.45) is 4.13. The second-order valence-corrected chi connectivity index (χ2v) is 8.65. The average molecular weight is 427 g/mol. The molecule has 1 amide bonds. The molecule has 6 nitrogen and oxygen atoms in total. The van der Waals surface area contributed by atoms with Crippen LogP contribution in [0.25, 0.3) is 10.2 Å². The molecule has 0 radical (unpaired) electrons. The van der Waals surface area contributed by atoms with Gasteiger partial charge in [-0.15, -0.1) is 17.9 Å². The summed E-state index contributed by atoms with van der Waals surface area (Å²) in [5.74, 6) is 0.0449. The highest BCUT2D eigenvalue weighted by molar-refractivity contribution is 7.99. The smallest absolute Gasteiger partial charge is 0.263 e. The molecule has 1 fully saturated rings. The van der Waals surface area contributed by atoms with Crippen molar-refractivity contribution in [1.29, 1.82) is 0 Å². The Kier molecular flexibility index (Phi) is 6.01. The molecule has 150 valence electrons. The summed E-state index contributed by atoms with van der Waals surface area (Å²) >= 11 is 2.68. The molecule has 0 bridgehead atoms. The topological polar surface area (TPSA) is 67.2 Å². The summed E-state index contributed by atoms with van der Waals surface area (Å²) < 4.78 is 1.56. The van der Waals surface area contributed by atoms with Gasteiger partial charge in [0.2, 0.25) is 5.91 Å². The van der Waals surface area contributed by atoms with Crippen molar-refractivity contribution < 1.29 is 4.79 Å². The second-order valence-electron chi connectivity index (χ2n) is 6.82. The van der Waals surface area contributed by atoms with E-state index in [1.165, 1.54) is 41.6 Å². The lowest BCUT2D eigenvalue weighted by molar-refractivity contribution is -0.113. The minimum absolute atomic E-state index is 0.100. The van der Waals surface area contributed by atoms with Gasteiger partial charge >= 0.3 is 0 Å². The fraction of sp³-hybridized carbons (Fsp3) is 0.286. The summed E-state index contributed by atoms with van der Waals surface area (Å²) in [5, 5.41) is 5.90. The first-order valence-corrected chi connectivity index (χ1v) is 11.4. The molecule has 1 saturated heterocycles. The molecule has 2 aromatic heterocycles. The number of allylic oxidation sites excluding steroid dienone is 1. The molecule has 0 unspecified atom stereocenters. The van der Waals surface area contributed by atoms with Gasteiger partial charge in [-0.05, 0) is 48.6 Å². The third kappa shape index (κ3) is 4.38. The van der Waals surface area contributed by atoms with E-state index in [1.54, 1.807) is 16.7 Å². The van der Waals surface area contributed by atoms with E-state index >= 15 is 0 Å². The van der Waals surface area contributed by atoms with E-state index in [0.29, 0.717) is 21.9 Å². The Hall–Kier alpha value is -2.58. The number of fused-ring (bicyclic) bond motifs is 1.